The van der Waals surface area contributed by atoms with Crippen LogP contribution in [-0.2, 0) is 19.2 Å². The zero-order chi connectivity index (χ0) is 21.7. The molecule has 0 bridgehead atoms. The third kappa shape index (κ3) is 10.5. The molecule has 0 fully saturated rings. The van der Waals surface area contributed by atoms with Gasteiger partial charge in [0.15, 0.2) is 0 Å². The van der Waals surface area contributed by atoms with Gasteiger partial charge in [-0.3, -0.25) is 14.4 Å². The minimum absolute atomic E-state index is 0.0183. The number of hydrogen-bond donors (Lipinski definition) is 7. The summed E-state index contributed by atoms with van der Waals surface area (Å²) < 4.78 is 0. The first-order valence-corrected chi connectivity index (χ1v) is 9.93. The van der Waals surface area contributed by atoms with Crippen molar-refractivity contribution in [1.82, 2.24) is 16.0 Å². The molecule has 0 heterocycles. The molecule has 3 atom stereocenters. The lowest BCUT2D eigenvalue weighted by atomic mass is 10.0. The maximum Gasteiger partial charge on any atom is 0.326 e. The Balaban J connectivity index is 5.11. The van der Waals surface area contributed by atoms with Crippen LogP contribution in [0.5, 0.6) is 0 Å². The van der Waals surface area contributed by atoms with Gasteiger partial charge in [-0.2, -0.15) is 12.6 Å². The molecule has 0 spiro atoms. The van der Waals surface area contributed by atoms with E-state index < -0.39 is 41.8 Å². The molecule has 0 aliphatic heterocycles. The van der Waals surface area contributed by atoms with Crippen molar-refractivity contribution in [2.24, 2.45) is 17.4 Å². The Labute approximate surface area is 171 Å². The van der Waals surface area contributed by atoms with Crippen LogP contribution in [0.2, 0.25) is 0 Å². The zero-order valence-electron chi connectivity index (χ0n) is 16.4. The summed E-state index contributed by atoms with van der Waals surface area (Å²) in [7, 11) is 0. The number of carbonyl (C=O) groups is 4. The van der Waals surface area contributed by atoms with E-state index in [0.717, 1.165) is 0 Å². The summed E-state index contributed by atoms with van der Waals surface area (Å²) in [5.41, 5.74) is 10.6. The summed E-state index contributed by atoms with van der Waals surface area (Å²) >= 11 is 4.04. The van der Waals surface area contributed by atoms with Crippen LogP contribution >= 0.6 is 12.6 Å². The van der Waals surface area contributed by atoms with Crippen molar-refractivity contribution >= 4 is 36.3 Å². The molecule has 11 heteroatoms. The van der Waals surface area contributed by atoms with E-state index in [-0.39, 0.29) is 24.6 Å². The standard InChI is InChI=1S/C17H33N5O5S/c1-10(2)7-12(22-16(25)13(9-28)20-14(23)8-19)15(24)21-11(17(26)27)5-3-4-6-18/h10-13,28H,3-9,18-19H2,1-2H3,(H,20,23)(H,21,24)(H,22,25)(H,26,27). The van der Waals surface area contributed by atoms with E-state index in [1.165, 1.54) is 0 Å². The average molecular weight is 420 g/mol. The highest BCUT2D eigenvalue weighted by Crippen LogP contribution is 2.08. The molecule has 0 radical (unpaired) electrons. The molecule has 0 rings (SSSR count). The van der Waals surface area contributed by atoms with Gasteiger partial charge in [-0.1, -0.05) is 13.8 Å². The van der Waals surface area contributed by atoms with Crippen LogP contribution in [0.15, 0.2) is 0 Å². The van der Waals surface area contributed by atoms with E-state index in [0.29, 0.717) is 25.8 Å². The molecular weight excluding hydrogens is 386 g/mol. The molecule has 0 aliphatic rings. The summed E-state index contributed by atoms with van der Waals surface area (Å²) in [6, 6.07) is -2.97. The topological polar surface area (TPSA) is 177 Å². The van der Waals surface area contributed by atoms with Gasteiger partial charge in [0.2, 0.25) is 17.7 Å². The number of hydrogen-bond acceptors (Lipinski definition) is 7. The summed E-state index contributed by atoms with van der Waals surface area (Å²) in [5.74, 6) is -2.78. The number of aliphatic carboxylic acids is 1. The molecule has 10 nitrogen and oxygen atoms in total. The third-order valence-electron chi connectivity index (χ3n) is 3.92. The molecule has 8 N–H and O–H groups in total. The van der Waals surface area contributed by atoms with Gasteiger partial charge < -0.3 is 32.5 Å². The van der Waals surface area contributed by atoms with Gasteiger partial charge >= 0.3 is 5.97 Å². The van der Waals surface area contributed by atoms with Gasteiger partial charge in [0, 0.05) is 5.75 Å². The molecule has 28 heavy (non-hydrogen) atoms. The summed E-state index contributed by atoms with van der Waals surface area (Å²) in [6.45, 7) is 3.89. The predicted octanol–water partition coefficient (Wildman–Crippen LogP) is -1.41. The quantitative estimate of drug-likeness (QED) is 0.134. The Morgan fingerprint density at radius 2 is 1.50 bits per heavy atom. The summed E-state index contributed by atoms with van der Waals surface area (Å²) in [4.78, 5) is 47.9. The SMILES string of the molecule is CC(C)CC(NC(=O)C(CS)NC(=O)CN)C(=O)NC(CCCCN)C(=O)O. The summed E-state index contributed by atoms with van der Waals surface area (Å²) in [6.07, 6.45) is 1.75. The van der Waals surface area contributed by atoms with Gasteiger partial charge in [0.1, 0.15) is 18.1 Å². The molecule has 0 aromatic heterocycles. The van der Waals surface area contributed by atoms with E-state index in [2.05, 4.69) is 28.6 Å². The second-order valence-corrected chi connectivity index (χ2v) is 7.25. The maximum absolute atomic E-state index is 12.6. The van der Waals surface area contributed by atoms with E-state index in [1.807, 2.05) is 13.8 Å². The van der Waals surface area contributed by atoms with E-state index in [9.17, 15) is 24.3 Å². The van der Waals surface area contributed by atoms with Crippen molar-refractivity contribution in [1.29, 1.82) is 0 Å². The second-order valence-electron chi connectivity index (χ2n) is 6.88. The Morgan fingerprint density at radius 3 is 1.96 bits per heavy atom. The number of thiol groups is 1. The van der Waals surface area contributed by atoms with Crippen molar-refractivity contribution in [2.75, 3.05) is 18.8 Å². The Hall–Kier alpha value is -1.85. The molecule has 162 valence electrons. The second kappa shape index (κ2) is 14.2. The molecule has 0 aromatic rings. The fourth-order valence-electron chi connectivity index (χ4n) is 2.45. The van der Waals surface area contributed by atoms with E-state index in [4.69, 9.17) is 11.5 Å². The number of carboxylic acids is 1. The van der Waals surface area contributed by atoms with E-state index in [1.54, 1.807) is 0 Å². The summed E-state index contributed by atoms with van der Waals surface area (Å²) in [5, 5.41) is 16.8. The lowest BCUT2D eigenvalue weighted by Crippen LogP contribution is -2.57. The van der Waals surface area contributed by atoms with Crippen LogP contribution in [0.25, 0.3) is 0 Å². The molecule has 0 saturated carbocycles. The van der Waals surface area contributed by atoms with Crippen molar-refractivity contribution in [3.05, 3.63) is 0 Å². The lowest BCUT2D eigenvalue weighted by Gasteiger charge is -2.25. The normalized spacial score (nSPS) is 14.1. The van der Waals surface area contributed by atoms with Crippen molar-refractivity contribution in [3.8, 4) is 0 Å². The minimum atomic E-state index is -1.15. The molecule has 0 aliphatic carbocycles. The van der Waals surface area contributed by atoms with Crippen LogP contribution in [0.1, 0.15) is 39.5 Å². The van der Waals surface area contributed by atoms with E-state index >= 15 is 0 Å². The van der Waals surface area contributed by atoms with Gasteiger partial charge in [-0.15, -0.1) is 0 Å². The number of carbonyl (C=O) groups excluding carboxylic acids is 3. The fourth-order valence-corrected chi connectivity index (χ4v) is 2.70. The first-order chi connectivity index (χ1) is 13.2. The average Bonchev–Trinajstić information content (AvgIpc) is 2.63. The van der Waals surface area contributed by atoms with Crippen LogP contribution in [0, 0.1) is 5.92 Å². The van der Waals surface area contributed by atoms with Crippen LogP contribution in [0.3, 0.4) is 0 Å². The maximum atomic E-state index is 12.6. The molecule has 3 unspecified atom stereocenters. The van der Waals surface area contributed by atoms with Gasteiger partial charge in [-0.25, -0.2) is 4.79 Å². The van der Waals surface area contributed by atoms with Crippen LogP contribution in [0.4, 0.5) is 0 Å². The molecular formula is C17H33N5O5S. The first kappa shape index (κ1) is 26.1. The largest absolute Gasteiger partial charge is 0.480 e. The number of amides is 3. The van der Waals surface area contributed by atoms with Crippen molar-refractivity contribution in [2.45, 2.75) is 57.7 Å². The highest BCUT2D eigenvalue weighted by Gasteiger charge is 2.29. The fraction of sp³-hybridized carbons (Fsp3) is 0.765. The van der Waals surface area contributed by atoms with Gasteiger partial charge in [0.05, 0.1) is 6.54 Å². The number of carboxylic acid groups (broad SMARTS) is 1. The molecule has 0 saturated heterocycles. The van der Waals surface area contributed by atoms with Gasteiger partial charge in [-0.05, 0) is 38.1 Å². The lowest BCUT2D eigenvalue weighted by molar-refractivity contribution is -0.142. The number of unbranched alkanes of at least 4 members (excludes halogenated alkanes) is 1. The predicted molar refractivity (Wildman–Crippen MR) is 109 cm³/mol. The number of nitrogens with one attached hydrogen (secondary N) is 3. The monoisotopic (exact) mass is 419 g/mol. The molecule has 0 aromatic carbocycles. The highest BCUT2D eigenvalue weighted by molar-refractivity contribution is 7.80. The minimum Gasteiger partial charge on any atom is -0.480 e. The number of rotatable bonds is 14. The van der Waals surface area contributed by atoms with Crippen molar-refractivity contribution in [3.63, 3.8) is 0 Å². The van der Waals surface area contributed by atoms with Crippen LogP contribution in [-0.4, -0.2) is 65.8 Å². The highest BCUT2D eigenvalue weighted by atomic mass is 32.1. The first-order valence-electron chi connectivity index (χ1n) is 9.30. The molecule has 3 amide bonds. The third-order valence-corrected chi connectivity index (χ3v) is 4.29. The zero-order valence-corrected chi connectivity index (χ0v) is 17.3. The van der Waals surface area contributed by atoms with Crippen LogP contribution < -0.4 is 27.4 Å². The van der Waals surface area contributed by atoms with Gasteiger partial charge in [0.25, 0.3) is 0 Å². The Bertz CT molecular complexity index is 532. The number of nitrogens with two attached hydrogens (primary N) is 2. The Kier molecular flexibility index (Phi) is 13.3. The van der Waals surface area contributed by atoms with Crippen molar-refractivity contribution < 1.29 is 24.3 Å². The Morgan fingerprint density at radius 1 is 0.929 bits per heavy atom. The smallest absolute Gasteiger partial charge is 0.326 e.